The van der Waals surface area contributed by atoms with Gasteiger partial charge in [0, 0.05) is 12.6 Å². The minimum Gasteiger partial charge on any atom is -0.497 e. The molecule has 5 heteroatoms. The number of halogens is 1. The number of urea groups is 1. The first-order valence-electron chi connectivity index (χ1n) is 7.90. The van der Waals surface area contributed by atoms with Gasteiger partial charge in [-0.25, -0.2) is 9.18 Å². The largest absolute Gasteiger partial charge is 0.497 e. The number of hydrogen-bond acceptors (Lipinski definition) is 2. The summed E-state index contributed by atoms with van der Waals surface area (Å²) in [5.41, 5.74) is 2.41. The molecule has 0 aliphatic carbocycles. The zero-order valence-corrected chi connectivity index (χ0v) is 14.2. The van der Waals surface area contributed by atoms with Gasteiger partial charge in [-0.3, -0.25) is 0 Å². The molecule has 1 unspecified atom stereocenters. The highest BCUT2D eigenvalue weighted by atomic mass is 19.1. The Morgan fingerprint density at radius 1 is 1.21 bits per heavy atom. The maximum Gasteiger partial charge on any atom is 0.315 e. The molecule has 0 spiro atoms. The molecule has 0 aromatic heterocycles. The Hall–Kier alpha value is -2.56. The van der Waals surface area contributed by atoms with E-state index in [9.17, 15) is 9.18 Å². The van der Waals surface area contributed by atoms with E-state index in [-0.39, 0.29) is 24.4 Å². The Kier molecular flexibility index (Phi) is 6.18. The number of carbonyl (C=O) groups excluding carboxylic acids is 1. The summed E-state index contributed by atoms with van der Waals surface area (Å²) in [4.78, 5) is 12.0. The smallest absolute Gasteiger partial charge is 0.315 e. The first-order chi connectivity index (χ1) is 11.5. The number of amides is 2. The van der Waals surface area contributed by atoms with Gasteiger partial charge >= 0.3 is 6.03 Å². The first-order valence-corrected chi connectivity index (χ1v) is 7.90. The van der Waals surface area contributed by atoms with E-state index in [4.69, 9.17) is 4.74 Å². The van der Waals surface area contributed by atoms with Crippen molar-refractivity contribution in [2.45, 2.75) is 32.9 Å². The van der Waals surface area contributed by atoms with Crippen LogP contribution in [0.2, 0.25) is 0 Å². The van der Waals surface area contributed by atoms with E-state index in [0.717, 1.165) is 16.9 Å². The summed E-state index contributed by atoms with van der Waals surface area (Å²) < 4.78 is 18.7. The summed E-state index contributed by atoms with van der Waals surface area (Å²) in [6.07, 6.45) is 0.698. The van der Waals surface area contributed by atoms with Crippen molar-refractivity contribution in [1.82, 2.24) is 10.6 Å². The molecule has 0 heterocycles. The molecule has 1 atom stereocenters. The minimum absolute atomic E-state index is 0.0353. The van der Waals surface area contributed by atoms with Crippen LogP contribution in [0.4, 0.5) is 9.18 Å². The van der Waals surface area contributed by atoms with Crippen molar-refractivity contribution in [1.29, 1.82) is 0 Å². The fourth-order valence-corrected chi connectivity index (χ4v) is 2.41. The van der Waals surface area contributed by atoms with Crippen molar-refractivity contribution in [2.24, 2.45) is 0 Å². The maximum atomic E-state index is 13.5. The average molecular weight is 330 g/mol. The SMILES string of the molecule is COc1cccc(CC(C)NC(=O)NCc2ccc(C)c(F)c2)c1. The summed E-state index contributed by atoms with van der Waals surface area (Å²) >= 11 is 0. The van der Waals surface area contributed by atoms with Crippen molar-refractivity contribution in [3.8, 4) is 5.75 Å². The highest BCUT2D eigenvalue weighted by Gasteiger charge is 2.09. The van der Waals surface area contributed by atoms with Crippen molar-refractivity contribution >= 4 is 6.03 Å². The van der Waals surface area contributed by atoms with Gasteiger partial charge in [-0.2, -0.15) is 0 Å². The minimum atomic E-state index is -0.272. The topological polar surface area (TPSA) is 50.4 Å². The van der Waals surface area contributed by atoms with Crippen LogP contribution in [0.3, 0.4) is 0 Å². The average Bonchev–Trinajstić information content (AvgIpc) is 2.56. The Bertz CT molecular complexity index is 704. The van der Waals surface area contributed by atoms with E-state index in [1.54, 1.807) is 26.2 Å². The molecule has 2 rings (SSSR count). The third-order valence-electron chi connectivity index (χ3n) is 3.74. The molecule has 0 aliphatic heterocycles. The van der Waals surface area contributed by atoms with Crippen LogP contribution >= 0.6 is 0 Å². The summed E-state index contributed by atoms with van der Waals surface area (Å²) in [5, 5.41) is 5.62. The number of aryl methyl sites for hydroxylation is 1. The summed E-state index contributed by atoms with van der Waals surface area (Å²) in [6.45, 7) is 3.93. The van der Waals surface area contributed by atoms with Gasteiger partial charge < -0.3 is 15.4 Å². The van der Waals surface area contributed by atoms with Crippen molar-refractivity contribution in [3.05, 3.63) is 65.0 Å². The molecular formula is C19H23FN2O2. The van der Waals surface area contributed by atoms with E-state index in [0.29, 0.717) is 12.0 Å². The van der Waals surface area contributed by atoms with Gasteiger partial charge in [0.2, 0.25) is 0 Å². The number of hydrogen-bond donors (Lipinski definition) is 2. The van der Waals surface area contributed by atoms with E-state index in [2.05, 4.69) is 10.6 Å². The van der Waals surface area contributed by atoms with Gasteiger partial charge in [-0.1, -0.05) is 24.3 Å². The van der Waals surface area contributed by atoms with Crippen molar-refractivity contribution in [2.75, 3.05) is 7.11 Å². The summed E-state index contributed by atoms with van der Waals surface area (Å²) in [5.74, 6) is 0.534. The Morgan fingerprint density at radius 3 is 2.71 bits per heavy atom. The van der Waals surface area contributed by atoms with Crippen LogP contribution < -0.4 is 15.4 Å². The third kappa shape index (κ3) is 5.26. The van der Waals surface area contributed by atoms with Crippen LogP contribution in [0.15, 0.2) is 42.5 Å². The summed E-state index contributed by atoms with van der Waals surface area (Å²) in [7, 11) is 1.63. The van der Waals surface area contributed by atoms with Crippen LogP contribution in [0.1, 0.15) is 23.6 Å². The number of methoxy groups -OCH3 is 1. The van der Waals surface area contributed by atoms with Gasteiger partial charge in [-0.05, 0) is 55.2 Å². The van der Waals surface area contributed by atoms with Crippen LogP contribution in [-0.4, -0.2) is 19.2 Å². The number of rotatable bonds is 6. The fraction of sp³-hybridized carbons (Fsp3) is 0.316. The molecule has 128 valence electrons. The number of benzene rings is 2. The molecule has 2 aromatic carbocycles. The highest BCUT2D eigenvalue weighted by molar-refractivity contribution is 5.74. The lowest BCUT2D eigenvalue weighted by Gasteiger charge is -2.15. The van der Waals surface area contributed by atoms with Gasteiger partial charge in [0.1, 0.15) is 11.6 Å². The van der Waals surface area contributed by atoms with Gasteiger partial charge in [0.05, 0.1) is 7.11 Å². The Labute approximate surface area is 142 Å². The third-order valence-corrected chi connectivity index (χ3v) is 3.74. The van der Waals surface area contributed by atoms with Crippen molar-refractivity contribution in [3.63, 3.8) is 0 Å². The molecule has 0 fully saturated rings. The van der Waals surface area contributed by atoms with Crippen molar-refractivity contribution < 1.29 is 13.9 Å². The second-order valence-electron chi connectivity index (χ2n) is 5.87. The second-order valence-corrected chi connectivity index (χ2v) is 5.87. The lowest BCUT2D eigenvalue weighted by atomic mass is 10.1. The first kappa shape index (κ1) is 17.8. The zero-order valence-electron chi connectivity index (χ0n) is 14.2. The molecule has 4 nitrogen and oxygen atoms in total. The standard InChI is InChI=1S/C19H23FN2O2/c1-13-7-8-16(11-18(13)20)12-21-19(23)22-14(2)9-15-5-4-6-17(10-15)24-3/h4-8,10-11,14H,9,12H2,1-3H3,(H2,21,22,23). The van der Waals surface area contributed by atoms with Gasteiger partial charge in [0.25, 0.3) is 0 Å². The second kappa shape index (κ2) is 8.34. The van der Waals surface area contributed by atoms with E-state index in [1.807, 2.05) is 31.2 Å². The molecule has 0 bridgehead atoms. The molecule has 0 aliphatic rings. The molecular weight excluding hydrogens is 307 g/mol. The number of carbonyl (C=O) groups is 1. The Balaban J connectivity index is 1.81. The monoisotopic (exact) mass is 330 g/mol. The van der Waals surface area contributed by atoms with Crippen LogP contribution in [0, 0.1) is 12.7 Å². The fourth-order valence-electron chi connectivity index (χ4n) is 2.41. The maximum absolute atomic E-state index is 13.5. The molecule has 24 heavy (non-hydrogen) atoms. The van der Waals surface area contributed by atoms with Crippen LogP contribution in [-0.2, 0) is 13.0 Å². The molecule has 2 N–H and O–H groups in total. The van der Waals surface area contributed by atoms with E-state index < -0.39 is 0 Å². The normalized spacial score (nSPS) is 11.7. The molecule has 0 radical (unpaired) electrons. The number of ether oxygens (including phenoxy) is 1. The van der Waals surface area contributed by atoms with E-state index in [1.165, 1.54) is 6.07 Å². The predicted octanol–water partition coefficient (Wildman–Crippen LogP) is 3.57. The predicted molar refractivity (Wildman–Crippen MR) is 92.7 cm³/mol. The molecule has 2 amide bonds. The number of nitrogens with one attached hydrogen (secondary N) is 2. The van der Waals surface area contributed by atoms with Crippen LogP contribution in [0.5, 0.6) is 5.75 Å². The highest BCUT2D eigenvalue weighted by Crippen LogP contribution is 2.14. The van der Waals surface area contributed by atoms with Gasteiger partial charge in [0.15, 0.2) is 0 Å². The lowest BCUT2D eigenvalue weighted by molar-refractivity contribution is 0.237. The molecule has 0 saturated heterocycles. The van der Waals surface area contributed by atoms with E-state index >= 15 is 0 Å². The summed E-state index contributed by atoms with van der Waals surface area (Å²) in [6, 6.07) is 12.4. The van der Waals surface area contributed by atoms with Crippen LogP contribution in [0.25, 0.3) is 0 Å². The zero-order chi connectivity index (χ0) is 17.5. The molecule has 0 saturated carbocycles. The molecule has 2 aromatic rings. The van der Waals surface area contributed by atoms with Gasteiger partial charge in [-0.15, -0.1) is 0 Å². The quantitative estimate of drug-likeness (QED) is 0.851. The lowest BCUT2D eigenvalue weighted by Crippen LogP contribution is -2.41. The Morgan fingerprint density at radius 2 is 2.00 bits per heavy atom.